The van der Waals surface area contributed by atoms with Crippen molar-refractivity contribution >= 4 is 40.8 Å². The lowest BCUT2D eigenvalue weighted by Crippen LogP contribution is -2.52. The minimum atomic E-state index is -1.05. The fourth-order valence-corrected chi connectivity index (χ4v) is 9.31. The summed E-state index contributed by atoms with van der Waals surface area (Å²) in [6, 6.07) is 11.4. The molecule has 56 heavy (non-hydrogen) atoms. The summed E-state index contributed by atoms with van der Waals surface area (Å²) in [7, 11) is 1.66. The van der Waals surface area contributed by atoms with Crippen molar-refractivity contribution in [3.8, 4) is 0 Å². The molecule has 1 atom stereocenters. The number of benzene rings is 2. The Morgan fingerprint density at radius 2 is 1.57 bits per heavy atom. The third-order valence-electron chi connectivity index (χ3n) is 12.5. The van der Waals surface area contributed by atoms with Gasteiger partial charge in [-0.15, -0.1) is 0 Å². The molecule has 0 saturated carbocycles. The standard InChI is InChI=1S/C42H56N6O8/c1-4-54-37(49)16-19-45-17-9-30(10-18-45)31-11-20-46(21-12-31)39(50)36(27-29-25-28(2)38-35(26-29)55-41(52)44(38)3)56-42(53)47-22-14-33(15-23-47)48-24-13-32-7-5-6-8-34(32)43-40(48)51/h5-8,25-26,30-31,33,36H,4,9-24,27H2,1-3H3,(H,43,51)/t36-/m1/s1. The molecule has 0 bridgehead atoms. The Balaban J connectivity index is 0.973. The Morgan fingerprint density at radius 1 is 0.893 bits per heavy atom. The van der Waals surface area contributed by atoms with Crippen molar-refractivity contribution < 1.29 is 33.1 Å². The predicted molar refractivity (Wildman–Crippen MR) is 210 cm³/mol. The maximum atomic E-state index is 14.3. The first-order chi connectivity index (χ1) is 27.1. The molecule has 4 amide bonds. The number of amides is 4. The number of nitrogens with one attached hydrogen (secondary N) is 1. The molecular weight excluding hydrogens is 716 g/mol. The SMILES string of the molecule is CCOC(=O)CCN1CCC(C2CCN(C(=O)[C@@H](Cc3cc(C)c4c(c3)oc(=O)n4C)OC(=O)N3CCC(N4CCc5ccccc5NC4=O)CC3)CC2)CC1. The number of carbonyl (C=O) groups excluding carboxylic acids is 4. The largest absolute Gasteiger partial charge is 0.466 e. The lowest BCUT2D eigenvalue weighted by molar-refractivity contribution is -0.144. The Hall–Kier alpha value is -4.85. The average Bonchev–Trinajstić information content (AvgIpc) is 3.38. The van der Waals surface area contributed by atoms with Crippen LogP contribution in [-0.2, 0) is 39.0 Å². The predicted octanol–water partition coefficient (Wildman–Crippen LogP) is 4.95. The van der Waals surface area contributed by atoms with Crippen LogP contribution in [0.5, 0.6) is 0 Å². The van der Waals surface area contributed by atoms with Gasteiger partial charge in [-0.1, -0.05) is 24.3 Å². The zero-order chi connectivity index (χ0) is 39.3. The maximum absolute atomic E-state index is 14.3. The van der Waals surface area contributed by atoms with Crippen LogP contribution >= 0.6 is 0 Å². The number of aromatic nitrogens is 1. The van der Waals surface area contributed by atoms with Crippen molar-refractivity contribution in [1.82, 2.24) is 24.2 Å². The summed E-state index contributed by atoms with van der Waals surface area (Å²) < 4.78 is 18.2. The molecule has 3 saturated heterocycles. The summed E-state index contributed by atoms with van der Waals surface area (Å²) in [6.45, 7) is 9.40. The number of anilines is 1. The molecule has 0 aliphatic carbocycles. The Morgan fingerprint density at radius 3 is 2.29 bits per heavy atom. The summed E-state index contributed by atoms with van der Waals surface area (Å²) in [5, 5.41) is 3.05. The number of para-hydroxylation sites is 1. The van der Waals surface area contributed by atoms with Gasteiger partial charge in [0.1, 0.15) is 0 Å². The highest BCUT2D eigenvalue weighted by molar-refractivity contribution is 5.91. The molecule has 14 heteroatoms. The summed E-state index contributed by atoms with van der Waals surface area (Å²) in [5.74, 6) is 0.269. The Kier molecular flexibility index (Phi) is 12.3. The molecule has 3 aromatic rings. The van der Waals surface area contributed by atoms with E-state index >= 15 is 0 Å². The lowest BCUT2D eigenvalue weighted by Gasteiger charge is -2.41. The summed E-state index contributed by atoms with van der Waals surface area (Å²) in [4.78, 5) is 73.2. The molecule has 4 aliphatic heterocycles. The quantitative estimate of drug-likeness (QED) is 0.283. The number of likely N-dealkylation sites (tertiary alicyclic amines) is 3. The van der Waals surface area contributed by atoms with Crippen LogP contribution in [0.15, 0.2) is 45.6 Å². The van der Waals surface area contributed by atoms with E-state index in [1.807, 2.05) is 54.0 Å². The number of aryl methyl sites for hydroxylation is 2. The molecule has 1 aromatic heterocycles. The van der Waals surface area contributed by atoms with Gasteiger partial charge in [0.15, 0.2) is 11.7 Å². The third-order valence-corrected chi connectivity index (χ3v) is 12.5. The monoisotopic (exact) mass is 772 g/mol. The Bertz CT molecular complexity index is 1950. The lowest BCUT2D eigenvalue weighted by atomic mass is 9.78. The van der Waals surface area contributed by atoms with Crippen molar-refractivity contribution in [2.24, 2.45) is 18.9 Å². The molecule has 3 fully saturated rings. The second kappa shape index (κ2) is 17.5. The van der Waals surface area contributed by atoms with Crippen molar-refractivity contribution in [3.63, 3.8) is 0 Å². The van der Waals surface area contributed by atoms with E-state index in [0.717, 1.165) is 74.1 Å². The number of oxazole rings is 1. The Labute approximate surface area is 328 Å². The third kappa shape index (κ3) is 8.90. The molecule has 0 spiro atoms. The number of piperidine rings is 3. The van der Waals surface area contributed by atoms with Crippen LogP contribution in [0.4, 0.5) is 15.3 Å². The molecule has 7 rings (SSSR count). The van der Waals surface area contributed by atoms with E-state index < -0.39 is 18.0 Å². The van der Waals surface area contributed by atoms with Crippen molar-refractivity contribution in [1.29, 1.82) is 0 Å². The van der Waals surface area contributed by atoms with Crippen molar-refractivity contribution in [2.75, 3.05) is 64.3 Å². The van der Waals surface area contributed by atoms with Gasteiger partial charge in [-0.2, -0.15) is 0 Å². The fourth-order valence-electron chi connectivity index (χ4n) is 9.31. The highest BCUT2D eigenvalue weighted by Gasteiger charge is 2.37. The summed E-state index contributed by atoms with van der Waals surface area (Å²) in [6.07, 6.45) is 4.89. The van der Waals surface area contributed by atoms with Crippen LogP contribution < -0.4 is 11.1 Å². The van der Waals surface area contributed by atoms with E-state index in [0.29, 0.717) is 81.5 Å². The highest BCUT2D eigenvalue weighted by atomic mass is 16.6. The number of hydrogen-bond donors (Lipinski definition) is 1. The molecule has 14 nitrogen and oxygen atoms in total. The van der Waals surface area contributed by atoms with E-state index in [4.69, 9.17) is 13.9 Å². The molecule has 0 unspecified atom stereocenters. The smallest absolute Gasteiger partial charge is 0.419 e. The van der Waals surface area contributed by atoms with Crippen LogP contribution in [-0.4, -0.2) is 119 Å². The number of urea groups is 1. The highest BCUT2D eigenvalue weighted by Crippen LogP contribution is 2.33. The van der Waals surface area contributed by atoms with E-state index in [1.165, 1.54) is 4.57 Å². The minimum Gasteiger partial charge on any atom is -0.466 e. The number of hydrogen-bond acceptors (Lipinski definition) is 9. The van der Waals surface area contributed by atoms with E-state index in [2.05, 4.69) is 10.2 Å². The number of carbonyl (C=O) groups is 4. The number of nitrogens with zero attached hydrogens (tertiary/aromatic N) is 5. The number of ether oxygens (including phenoxy) is 2. The van der Waals surface area contributed by atoms with Gasteiger partial charge in [-0.05, 0) is 113 Å². The number of rotatable bonds is 10. The van der Waals surface area contributed by atoms with Gasteiger partial charge < -0.3 is 38.8 Å². The topological polar surface area (TPSA) is 147 Å². The van der Waals surface area contributed by atoms with Gasteiger partial charge >= 0.3 is 23.8 Å². The van der Waals surface area contributed by atoms with Gasteiger partial charge in [0.2, 0.25) is 0 Å². The zero-order valence-corrected chi connectivity index (χ0v) is 33.0. The van der Waals surface area contributed by atoms with E-state index in [1.54, 1.807) is 18.0 Å². The van der Waals surface area contributed by atoms with Gasteiger partial charge in [0, 0.05) is 64.5 Å². The van der Waals surface area contributed by atoms with Gasteiger partial charge in [-0.25, -0.2) is 14.4 Å². The molecule has 1 N–H and O–H groups in total. The first kappa shape index (κ1) is 39.4. The van der Waals surface area contributed by atoms with E-state index in [-0.39, 0.29) is 30.4 Å². The van der Waals surface area contributed by atoms with Gasteiger partial charge in [0.05, 0.1) is 18.5 Å². The first-order valence-corrected chi connectivity index (χ1v) is 20.4. The van der Waals surface area contributed by atoms with Crippen LogP contribution in [0.1, 0.15) is 68.6 Å². The maximum Gasteiger partial charge on any atom is 0.419 e. The number of esters is 1. The zero-order valence-electron chi connectivity index (χ0n) is 33.0. The van der Waals surface area contributed by atoms with Gasteiger partial charge in [0.25, 0.3) is 5.91 Å². The van der Waals surface area contributed by atoms with Crippen molar-refractivity contribution in [2.45, 2.75) is 83.8 Å². The normalized spacial score (nSPS) is 19.7. The van der Waals surface area contributed by atoms with Gasteiger partial charge in [-0.3, -0.25) is 14.2 Å². The van der Waals surface area contributed by atoms with Crippen LogP contribution in [0.25, 0.3) is 11.1 Å². The van der Waals surface area contributed by atoms with Crippen LogP contribution in [0.2, 0.25) is 0 Å². The van der Waals surface area contributed by atoms with E-state index in [9.17, 15) is 24.0 Å². The molecular formula is C42H56N6O8. The van der Waals surface area contributed by atoms with Crippen molar-refractivity contribution in [3.05, 3.63) is 63.6 Å². The molecule has 5 heterocycles. The molecule has 2 aromatic carbocycles. The minimum absolute atomic E-state index is 0.0147. The van der Waals surface area contributed by atoms with Crippen LogP contribution in [0.3, 0.4) is 0 Å². The second-order valence-electron chi connectivity index (χ2n) is 15.9. The second-order valence-corrected chi connectivity index (χ2v) is 15.9. The number of fused-ring (bicyclic) bond motifs is 2. The fraction of sp³-hybridized carbons (Fsp3) is 0.595. The summed E-state index contributed by atoms with van der Waals surface area (Å²) >= 11 is 0. The molecule has 4 aliphatic rings. The average molecular weight is 773 g/mol. The molecule has 302 valence electrons. The molecule has 0 radical (unpaired) electrons. The first-order valence-electron chi connectivity index (χ1n) is 20.4. The summed E-state index contributed by atoms with van der Waals surface area (Å²) in [5.41, 5.74) is 4.65. The van der Waals surface area contributed by atoms with Crippen LogP contribution in [0, 0.1) is 18.8 Å².